The van der Waals surface area contributed by atoms with Crippen LogP contribution in [-0.2, 0) is 11.3 Å². The van der Waals surface area contributed by atoms with Gasteiger partial charge < -0.3 is 25.1 Å². The number of nitrogens with one attached hydrogen (secondary N) is 1. The number of pyridine rings is 1. The zero-order valence-electron chi connectivity index (χ0n) is 19.2. The molecule has 2 aromatic rings. The molecule has 0 aliphatic carbocycles. The van der Waals surface area contributed by atoms with Crippen molar-refractivity contribution in [3.8, 4) is 11.1 Å². The van der Waals surface area contributed by atoms with E-state index in [2.05, 4.69) is 15.2 Å². The summed E-state index contributed by atoms with van der Waals surface area (Å²) in [5, 5.41) is 10.9. The summed E-state index contributed by atoms with van der Waals surface area (Å²) in [5.74, 6) is -0.0277. The average molecular weight is 474 g/mol. The molecule has 8 nitrogen and oxygen atoms in total. The highest BCUT2D eigenvalue weighted by molar-refractivity contribution is 5.88. The molecule has 2 heterocycles. The van der Waals surface area contributed by atoms with Crippen LogP contribution in [0.1, 0.15) is 17.6 Å². The summed E-state index contributed by atoms with van der Waals surface area (Å²) in [4.78, 5) is 33.3. The van der Waals surface area contributed by atoms with Crippen LogP contribution in [0.2, 0.25) is 0 Å². The number of carbonyl (C=O) groups excluding carboxylic acids is 1. The topological polar surface area (TPSA) is 89.0 Å². The number of likely N-dealkylation sites (N-methyl/N-ethyl adjacent to an activating group) is 1. The first-order valence-electron chi connectivity index (χ1n) is 10.9. The second-order valence-electron chi connectivity index (χ2n) is 8.24. The number of aromatic nitrogens is 1. The number of hydrogen-bond acceptors (Lipinski definition) is 5. The van der Waals surface area contributed by atoms with Crippen molar-refractivity contribution in [2.75, 3.05) is 51.7 Å². The highest BCUT2D eigenvalue weighted by atomic mass is 19.3. The van der Waals surface area contributed by atoms with Gasteiger partial charge >= 0.3 is 6.09 Å². The minimum Gasteiger partial charge on any atom is -0.465 e. The average Bonchev–Trinajstić information content (AvgIpc) is 2.82. The number of amides is 2. The molecule has 3 rings (SSSR count). The van der Waals surface area contributed by atoms with E-state index in [0.29, 0.717) is 38.3 Å². The summed E-state index contributed by atoms with van der Waals surface area (Å²) in [6.07, 6.45) is 2.72. The fourth-order valence-electron chi connectivity index (χ4n) is 3.82. The van der Waals surface area contributed by atoms with Gasteiger partial charge in [0.1, 0.15) is 0 Å². The van der Waals surface area contributed by atoms with Crippen LogP contribution in [0.5, 0.6) is 0 Å². The van der Waals surface area contributed by atoms with E-state index < -0.39 is 12.5 Å². The van der Waals surface area contributed by atoms with Crippen molar-refractivity contribution in [2.45, 2.75) is 13.0 Å². The maximum atomic E-state index is 13.7. The van der Waals surface area contributed by atoms with Crippen molar-refractivity contribution in [3.05, 3.63) is 59.9 Å². The Morgan fingerprint density at radius 2 is 1.94 bits per heavy atom. The summed E-state index contributed by atoms with van der Waals surface area (Å²) in [6.45, 7) is 2.76. The monoisotopic (exact) mass is 473 g/mol. The molecule has 0 unspecified atom stereocenters. The minimum atomic E-state index is -2.74. The first-order chi connectivity index (χ1) is 16.3. The molecule has 0 atom stereocenters. The van der Waals surface area contributed by atoms with E-state index in [4.69, 9.17) is 5.11 Å². The summed E-state index contributed by atoms with van der Waals surface area (Å²) in [5.41, 5.74) is 2.16. The fraction of sp³-hybridized carbons (Fsp3) is 0.375. The highest BCUT2D eigenvalue weighted by Crippen LogP contribution is 2.34. The summed E-state index contributed by atoms with van der Waals surface area (Å²) >= 11 is 0. The van der Waals surface area contributed by atoms with E-state index in [0.717, 1.165) is 11.3 Å². The quantitative estimate of drug-likeness (QED) is 0.573. The second kappa shape index (κ2) is 11.6. The third-order valence-corrected chi connectivity index (χ3v) is 5.59. The number of carbonyl (C=O) groups is 2. The Balaban J connectivity index is 1.77. The SMILES string of the molecule is CN(C)C/C=C/C(=O)N1CCN(c2cnccc2-c2ccc(CNC(=O)O)c(C(F)F)c2)CC1. The van der Waals surface area contributed by atoms with Crippen LogP contribution in [0.15, 0.2) is 48.8 Å². The maximum Gasteiger partial charge on any atom is 0.404 e. The number of anilines is 1. The number of rotatable bonds is 8. The molecule has 1 aromatic carbocycles. The van der Waals surface area contributed by atoms with Gasteiger partial charge in [0.15, 0.2) is 0 Å². The number of halogens is 2. The Morgan fingerprint density at radius 1 is 1.21 bits per heavy atom. The molecular weight excluding hydrogens is 444 g/mol. The number of alkyl halides is 2. The predicted octanol–water partition coefficient (Wildman–Crippen LogP) is 3.22. The molecule has 2 N–H and O–H groups in total. The highest BCUT2D eigenvalue weighted by Gasteiger charge is 2.23. The molecule has 1 saturated heterocycles. The third kappa shape index (κ3) is 6.50. The Labute approximate surface area is 197 Å². The molecular formula is C24H29F2N5O3. The van der Waals surface area contributed by atoms with Crippen LogP contribution in [-0.4, -0.2) is 78.7 Å². The summed E-state index contributed by atoms with van der Waals surface area (Å²) in [6, 6.07) is 6.40. The maximum absolute atomic E-state index is 13.7. The molecule has 0 saturated carbocycles. The molecule has 34 heavy (non-hydrogen) atoms. The van der Waals surface area contributed by atoms with Gasteiger partial charge in [-0.05, 0) is 37.4 Å². The van der Waals surface area contributed by atoms with E-state index in [-0.39, 0.29) is 23.6 Å². The summed E-state index contributed by atoms with van der Waals surface area (Å²) in [7, 11) is 3.87. The molecule has 182 valence electrons. The van der Waals surface area contributed by atoms with Crippen LogP contribution < -0.4 is 10.2 Å². The van der Waals surface area contributed by atoms with Crippen LogP contribution in [0, 0.1) is 0 Å². The van der Waals surface area contributed by atoms with E-state index in [1.54, 1.807) is 35.5 Å². The number of carboxylic acid groups (broad SMARTS) is 1. The number of piperazine rings is 1. The van der Waals surface area contributed by atoms with Crippen molar-refractivity contribution in [2.24, 2.45) is 0 Å². The molecule has 0 radical (unpaired) electrons. The lowest BCUT2D eigenvalue weighted by atomic mass is 9.98. The van der Waals surface area contributed by atoms with Crippen LogP contribution in [0.4, 0.5) is 19.3 Å². The van der Waals surface area contributed by atoms with E-state index >= 15 is 0 Å². The van der Waals surface area contributed by atoms with Gasteiger partial charge in [0.05, 0.1) is 11.9 Å². The smallest absolute Gasteiger partial charge is 0.404 e. The Kier molecular flexibility index (Phi) is 8.53. The first kappa shape index (κ1) is 25.1. The zero-order valence-corrected chi connectivity index (χ0v) is 19.2. The molecule has 1 fully saturated rings. The van der Waals surface area contributed by atoms with Gasteiger partial charge in [0.25, 0.3) is 6.43 Å². The number of nitrogens with zero attached hydrogens (tertiary/aromatic N) is 4. The molecule has 1 aliphatic rings. The van der Waals surface area contributed by atoms with Gasteiger partial charge in [-0.3, -0.25) is 9.78 Å². The number of benzene rings is 1. The van der Waals surface area contributed by atoms with Gasteiger partial charge in [0, 0.05) is 62.7 Å². The largest absolute Gasteiger partial charge is 0.465 e. The molecule has 1 aromatic heterocycles. The normalized spacial score (nSPS) is 14.3. The predicted molar refractivity (Wildman–Crippen MR) is 126 cm³/mol. The molecule has 1 aliphatic heterocycles. The first-order valence-corrected chi connectivity index (χ1v) is 10.9. The Morgan fingerprint density at radius 3 is 2.59 bits per heavy atom. The van der Waals surface area contributed by atoms with Gasteiger partial charge in [-0.1, -0.05) is 18.2 Å². The fourth-order valence-corrected chi connectivity index (χ4v) is 3.82. The minimum absolute atomic E-state index is 0.0277. The Bertz CT molecular complexity index is 1040. The van der Waals surface area contributed by atoms with Gasteiger partial charge in [-0.2, -0.15) is 0 Å². The molecule has 0 bridgehead atoms. The third-order valence-electron chi connectivity index (χ3n) is 5.59. The van der Waals surface area contributed by atoms with Gasteiger partial charge in [-0.15, -0.1) is 0 Å². The lowest BCUT2D eigenvalue weighted by Crippen LogP contribution is -2.48. The van der Waals surface area contributed by atoms with Crippen LogP contribution in [0.3, 0.4) is 0 Å². The molecule has 0 spiro atoms. The van der Waals surface area contributed by atoms with E-state index in [1.165, 1.54) is 12.1 Å². The Hall–Kier alpha value is -3.53. The van der Waals surface area contributed by atoms with Crippen molar-refractivity contribution in [1.29, 1.82) is 0 Å². The van der Waals surface area contributed by atoms with Crippen molar-refractivity contribution in [1.82, 2.24) is 20.1 Å². The lowest BCUT2D eigenvalue weighted by molar-refractivity contribution is -0.126. The van der Waals surface area contributed by atoms with Crippen LogP contribution in [0.25, 0.3) is 11.1 Å². The summed E-state index contributed by atoms with van der Waals surface area (Å²) < 4.78 is 27.4. The molecule has 2 amide bonds. The molecule has 10 heteroatoms. The lowest BCUT2D eigenvalue weighted by Gasteiger charge is -2.36. The van der Waals surface area contributed by atoms with E-state index in [9.17, 15) is 18.4 Å². The van der Waals surface area contributed by atoms with Crippen molar-refractivity contribution >= 4 is 17.7 Å². The number of hydrogen-bond donors (Lipinski definition) is 2. The van der Waals surface area contributed by atoms with Gasteiger partial charge in [0.2, 0.25) is 5.91 Å². The second-order valence-corrected chi connectivity index (χ2v) is 8.24. The zero-order chi connectivity index (χ0) is 24.7. The van der Waals surface area contributed by atoms with Crippen LogP contribution >= 0.6 is 0 Å². The van der Waals surface area contributed by atoms with E-state index in [1.807, 2.05) is 25.1 Å². The van der Waals surface area contributed by atoms with Crippen molar-refractivity contribution in [3.63, 3.8) is 0 Å². The standard InChI is InChI=1S/C24H29F2N5O3/c1-29(2)9-3-4-22(32)31-12-10-30(11-13-31)21-16-27-8-7-19(21)17-5-6-18(15-28-24(33)34)20(14-17)23(25)26/h3-8,14,16,23,28H,9-13,15H2,1-2H3,(H,33,34)/b4-3+. The van der Waals surface area contributed by atoms with Crippen molar-refractivity contribution < 1.29 is 23.5 Å². The van der Waals surface area contributed by atoms with Gasteiger partial charge in [-0.25, -0.2) is 13.6 Å².